The molecule has 0 spiro atoms. The van der Waals surface area contributed by atoms with E-state index in [1.807, 2.05) is 42.9 Å². The number of carbonyl (C=O) groups is 1. The van der Waals surface area contributed by atoms with Crippen molar-refractivity contribution in [3.05, 3.63) is 59.3 Å². The summed E-state index contributed by atoms with van der Waals surface area (Å²) in [5.74, 6) is -0.0886. The first-order valence-electron chi connectivity index (χ1n) is 12.2. The maximum Gasteiger partial charge on any atom is 0.251 e. The number of fused-ring (bicyclic) bond motifs is 3. The Hall–Kier alpha value is -2.87. The lowest BCUT2D eigenvalue weighted by Crippen LogP contribution is -2.34. The molecule has 1 amide bonds. The van der Waals surface area contributed by atoms with E-state index in [9.17, 15) is 4.79 Å². The van der Waals surface area contributed by atoms with Crippen LogP contribution in [0.25, 0.3) is 33.1 Å². The molecule has 4 aromatic rings. The van der Waals surface area contributed by atoms with Gasteiger partial charge < -0.3 is 20.3 Å². The van der Waals surface area contributed by atoms with E-state index in [1.165, 1.54) is 17.7 Å². The molecule has 0 bridgehead atoms. The van der Waals surface area contributed by atoms with Gasteiger partial charge in [-0.2, -0.15) is 0 Å². The first-order valence-corrected chi connectivity index (χ1v) is 13.1. The average molecular weight is 489 g/mol. The van der Waals surface area contributed by atoms with Crippen molar-refractivity contribution in [2.24, 2.45) is 0 Å². The number of aromatic amines is 1. The standard InChI is InChI=1S/C28H32N4O2S/c1-17-13-24-25-23(19-5-4-6-21(14-19)35-20-7-8-20)15-22(18(2)26(25)31-27(24)30-16-17)28(34)29-9-10-32(3)11-12-33/h4-6,13-16,20,33H,7-12H2,1-3H3,(H,29,34)(H,30,31). The lowest BCUT2D eigenvalue weighted by molar-refractivity contribution is 0.0948. The second-order valence-corrected chi connectivity index (χ2v) is 10.9. The van der Waals surface area contributed by atoms with Gasteiger partial charge in [0.05, 0.1) is 12.1 Å². The molecule has 2 heterocycles. The van der Waals surface area contributed by atoms with Gasteiger partial charge in [-0.3, -0.25) is 4.79 Å². The number of pyridine rings is 1. The van der Waals surface area contributed by atoms with Crippen LogP contribution < -0.4 is 5.32 Å². The molecule has 0 radical (unpaired) electrons. The van der Waals surface area contributed by atoms with Crippen molar-refractivity contribution in [1.29, 1.82) is 0 Å². The van der Waals surface area contributed by atoms with Crippen LogP contribution in [0.2, 0.25) is 0 Å². The third kappa shape index (κ3) is 5.08. The molecule has 2 aromatic carbocycles. The van der Waals surface area contributed by atoms with Gasteiger partial charge in [-0.15, -0.1) is 11.8 Å². The van der Waals surface area contributed by atoms with Crippen molar-refractivity contribution in [1.82, 2.24) is 20.2 Å². The minimum Gasteiger partial charge on any atom is -0.395 e. The fourth-order valence-electron chi connectivity index (χ4n) is 4.51. The van der Waals surface area contributed by atoms with Crippen molar-refractivity contribution in [3.8, 4) is 11.1 Å². The number of aromatic nitrogens is 2. The Labute approximate surface area is 210 Å². The summed E-state index contributed by atoms with van der Waals surface area (Å²) in [6.45, 7) is 5.94. The van der Waals surface area contributed by atoms with Crippen LogP contribution in [-0.4, -0.2) is 64.4 Å². The van der Waals surface area contributed by atoms with Crippen molar-refractivity contribution in [2.75, 3.05) is 33.3 Å². The predicted octanol–water partition coefficient (Wildman–Crippen LogP) is 4.91. The largest absolute Gasteiger partial charge is 0.395 e. The van der Waals surface area contributed by atoms with Gasteiger partial charge in [-0.25, -0.2) is 4.98 Å². The highest BCUT2D eigenvalue weighted by molar-refractivity contribution is 8.00. The zero-order valence-corrected chi connectivity index (χ0v) is 21.3. The van der Waals surface area contributed by atoms with Crippen molar-refractivity contribution < 1.29 is 9.90 Å². The number of likely N-dealkylation sites (N-methyl/N-ethyl adjacent to an activating group) is 1. The summed E-state index contributed by atoms with van der Waals surface area (Å²) >= 11 is 1.94. The van der Waals surface area contributed by atoms with Crippen molar-refractivity contribution in [2.45, 2.75) is 36.8 Å². The highest BCUT2D eigenvalue weighted by Crippen LogP contribution is 2.42. The lowest BCUT2D eigenvalue weighted by Gasteiger charge is -2.16. The summed E-state index contributed by atoms with van der Waals surface area (Å²) in [5.41, 5.74) is 6.64. The fourth-order valence-corrected chi connectivity index (χ4v) is 5.62. The van der Waals surface area contributed by atoms with Crippen LogP contribution in [0.1, 0.15) is 34.3 Å². The number of hydrogen-bond acceptors (Lipinski definition) is 5. The molecule has 182 valence electrons. The average Bonchev–Trinajstić information content (AvgIpc) is 3.57. The maximum absolute atomic E-state index is 13.3. The van der Waals surface area contributed by atoms with Crippen LogP contribution in [0.3, 0.4) is 0 Å². The van der Waals surface area contributed by atoms with Crippen LogP contribution in [0, 0.1) is 13.8 Å². The number of aliphatic hydroxyl groups excluding tert-OH is 1. The number of aliphatic hydroxyl groups is 1. The summed E-state index contributed by atoms with van der Waals surface area (Å²) in [6, 6.07) is 12.9. The highest BCUT2D eigenvalue weighted by Gasteiger charge is 2.23. The van der Waals surface area contributed by atoms with E-state index in [0.29, 0.717) is 25.2 Å². The van der Waals surface area contributed by atoms with Crippen molar-refractivity contribution in [3.63, 3.8) is 0 Å². The zero-order valence-electron chi connectivity index (χ0n) is 20.5. The summed E-state index contributed by atoms with van der Waals surface area (Å²) in [6.07, 6.45) is 4.44. The topological polar surface area (TPSA) is 81.2 Å². The van der Waals surface area contributed by atoms with Gasteiger partial charge in [0.1, 0.15) is 5.65 Å². The number of hydrogen-bond donors (Lipinski definition) is 3. The van der Waals surface area contributed by atoms with Gasteiger partial charge in [0.15, 0.2) is 0 Å². The molecule has 7 heteroatoms. The highest BCUT2D eigenvalue weighted by atomic mass is 32.2. The third-order valence-electron chi connectivity index (χ3n) is 6.60. The van der Waals surface area contributed by atoms with Gasteiger partial charge >= 0.3 is 0 Å². The van der Waals surface area contributed by atoms with Gasteiger partial charge in [0, 0.05) is 52.3 Å². The normalized spacial score (nSPS) is 13.7. The first-order chi connectivity index (χ1) is 16.9. The number of carbonyl (C=O) groups excluding carboxylic acids is 1. The Kier molecular flexibility index (Phi) is 6.82. The summed E-state index contributed by atoms with van der Waals surface area (Å²) in [4.78, 5) is 24.7. The Morgan fingerprint density at radius 3 is 2.83 bits per heavy atom. The number of amides is 1. The van der Waals surface area contributed by atoms with E-state index in [4.69, 9.17) is 5.11 Å². The monoisotopic (exact) mass is 488 g/mol. The summed E-state index contributed by atoms with van der Waals surface area (Å²) in [7, 11) is 1.93. The Morgan fingerprint density at radius 2 is 2.06 bits per heavy atom. The molecule has 6 nitrogen and oxygen atoms in total. The van der Waals surface area contributed by atoms with Gasteiger partial charge in [0.25, 0.3) is 5.91 Å². The number of H-pyrrole nitrogens is 1. The lowest BCUT2D eigenvalue weighted by atomic mass is 9.93. The molecule has 1 aliphatic rings. The van der Waals surface area contributed by atoms with E-state index in [1.54, 1.807) is 0 Å². The second-order valence-electron chi connectivity index (χ2n) is 9.51. The van der Waals surface area contributed by atoms with Crippen molar-refractivity contribution >= 4 is 39.6 Å². The van der Waals surface area contributed by atoms with E-state index >= 15 is 0 Å². The van der Waals surface area contributed by atoms with Gasteiger partial charge in [-0.1, -0.05) is 12.1 Å². The number of nitrogens with zero attached hydrogens (tertiary/aromatic N) is 2. The first kappa shape index (κ1) is 23.9. The molecule has 1 fully saturated rings. The summed E-state index contributed by atoms with van der Waals surface area (Å²) in [5, 5.41) is 15.1. The fraction of sp³-hybridized carbons (Fsp3) is 0.357. The molecule has 5 rings (SSSR count). The van der Waals surface area contributed by atoms with Crippen LogP contribution in [0.5, 0.6) is 0 Å². The van der Waals surface area contributed by atoms with Crippen LogP contribution in [0.4, 0.5) is 0 Å². The maximum atomic E-state index is 13.3. The number of thioether (sulfide) groups is 1. The predicted molar refractivity (Wildman–Crippen MR) is 144 cm³/mol. The minimum atomic E-state index is -0.0886. The van der Waals surface area contributed by atoms with Gasteiger partial charge in [-0.05, 0) is 80.3 Å². The molecule has 0 unspecified atom stereocenters. The number of aryl methyl sites for hydroxylation is 2. The van der Waals surface area contributed by atoms with E-state index in [-0.39, 0.29) is 12.5 Å². The molecule has 1 saturated carbocycles. The third-order valence-corrected chi connectivity index (χ3v) is 7.93. The molecule has 0 atom stereocenters. The molecule has 1 aliphatic carbocycles. The van der Waals surface area contributed by atoms with E-state index < -0.39 is 0 Å². The van der Waals surface area contributed by atoms with Crippen LogP contribution in [-0.2, 0) is 0 Å². The number of nitrogens with one attached hydrogen (secondary N) is 2. The molecule has 3 N–H and O–H groups in total. The SMILES string of the molecule is Cc1cnc2[nH]c3c(C)c(C(=O)NCCN(C)CCO)cc(-c4cccc(SC5CC5)c4)c3c2c1. The second kappa shape index (κ2) is 10.0. The quantitative estimate of drug-likeness (QED) is 0.312. The number of rotatable bonds is 9. The summed E-state index contributed by atoms with van der Waals surface area (Å²) < 4.78 is 0. The molecule has 0 aliphatic heterocycles. The van der Waals surface area contributed by atoms with Crippen LogP contribution >= 0.6 is 11.8 Å². The molecule has 0 saturated heterocycles. The Morgan fingerprint density at radius 1 is 1.23 bits per heavy atom. The van der Waals surface area contributed by atoms with Gasteiger partial charge in [0.2, 0.25) is 0 Å². The number of benzene rings is 2. The van der Waals surface area contributed by atoms with Crippen LogP contribution in [0.15, 0.2) is 47.5 Å². The smallest absolute Gasteiger partial charge is 0.251 e. The molecule has 2 aromatic heterocycles. The van der Waals surface area contributed by atoms with E-state index in [0.717, 1.165) is 49.4 Å². The zero-order chi connectivity index (χ0) is 24.5. The minimum absolute atomic E-state index is 0.0886. The van der Waals surface area contributed by atoms with E-state index in [2.05, 4.69) is 52.5 Å². The molecular weight excluding hydrogens is 456 g/mol. The Balaban J connectivity index is 1.60. The molecular formula is C28H32N4O2S. The molecule has 35 heavy (non-hydrogen) atoms. The Bertz CT molecular complexity index is 1390.